The number of phenols is 1. The minimum absolute atomic E-state index is 0.0970. The van der Waals surface area contributed by atoms with E-state index in [1.165, 1.54) is 12.1 Å². The number of esters is 1. The van der Waals surface area contributed by atoms with Crippen LogP contribution in [0.15, 0.2) is 109 Å². The van der Waals surface area contributed by atoms with E-state index in [0.29, 0.717) is 28.0 Å². The van der Waals surface area contributed by atoms with Gasteiger partial charge in [0.05, 0.1) is 5.56 Å². The Labute approximate surface area is 186 Å². The number of ether oxygens (including phenoxy) is 1. The first-order valence-electron chi connectivity index (χ1n) is 10.1. The van der Waals surface area contributed by atoms with Crippen molar-refractivity contribution in [2.24, 2.45) is 0 Å². The Kier molecular flexibility index (Phi) is 6.23. The van der Waals surface area contributed by atoms with Gasteiger partial charge < -0.3 is 9.84 Å². The van der Waals surface area contributed by atoms with Crippen LogP contribution in [0.3, 0.4) is 0 Å². The van der Waals surface area contributed by atoms with Crippen molar-refractivity contribution in [3.8, 4) is 11.5 Å². The van der Waals surface area contributed by atoms with Crippen LogP contribution in [0.25, 0.3) is 11.6 Å². The van der Waals surface area contributed by atoms with Crippen LogP contribution in [0.5, 0.6) is 11.5 Å². The lowest BCUT2D eigenvalue weighted by Crippen LogP contribution is -2.08. The summed E-state index contributed by atoms with van der Waals surface area (Å²) in [4.78, 5) is 25.6. The fourth-order valence-corrected chi connectivity index (χ4v) is 3.21. The topological polar surface area (TPSA) is 63.6 Å². The van der Waals surface area contributed by atoms with Gasteiger partial charge in [-0.3, -0.25) is 4.79 Å². The van der Waals surface area contributed by atoms with Crippen LogP contribution in [0, 0.1) is 0 Å². The highest BCUT2D eigenvalue weighted by molar-refractivity contribution is 6.32. The Balaban J connectivity index is 1.64. The maximum absolute atomic E-state index is 13.3. The molecule has 4 nitrogen and oxygen atoms in total. The molecule has 4 heteroatoms. The van der Waals surface area contributed by atoms with E-state index in [9.17, 15) is 14.7 Å². The fraction of sp³-hybridized carbons (Fsp3) is 0. The number of rotatable bonds is 6. The third-order valence-corrected chi connectivity index (χ3v) is 4.87. The predicted molar refractivity (Wildman–Crippen MR) is 125 cm³/mol. The van der Waals surface area contributed by atoms with Crippen molar-refractivity contribution in [1.82, 2.24) is 0 Å². The highest BCUT2D eigenvalue weighted by atomic mass is 16.5. The average Bonchev–Trinajstić information content (AvgIpc) is 2.84. The van der Waals surface area contributed by atoms with Gasteiger partial charge in [-0.2, -0.15) is 0 Å². The Morgan fingerprint density at radius 3 is 1.81 bits per heavy atom. The summed E-state index contributed by atoms with van der Waals surface area (Å²) in [6, 6.07) is 31.3. The lowest BCUT2D eigenvalue weighted by Gasteiger charge is -2.10. The summed E-state index contributed by atoms with van der Waals surface area (Å²) in [5.74, 6) is -0.139. The summed E-state index contributed by atoms with van der Waals surface area (Å²) in [6.07, 6.45) is 1.82. The average molecular weight is 420 g/mol. The lowest BCUT2D eigenvalue weighted by atomic mass is 9.94. The molecule has 4 rings (SSSR count). The summed E-state index contributed by atoms with van der Waals surface area (Å²) in [5, 5.41) is 9.55. The number of phenolic OH excluding ortho intramolecular Hbond substituents is 1. The maximum atomic E-state index is 13.3. The van der Waals surface area contributed by atoms with Crippen molar-refractivity contribution in [2.45, 2.75) is 0 Å². The molecule has 0 saturated carbocycles. The summed E-state index contributed by atoms with van der Waals surface area (Å²) >= 11 is 0. The van der Waals surface area contributed by atoms with E-state index in [4.69, 9.17) is 4.74 Å². The van der Waals surface area contributed by atoms with Crippen LogP contribution in [-0.2, 0) is 0 Å². The van der Waals surface area contributed by atoms with E-state index in [2.05, 4.69) is 0 Å². The highest BCUT2D eigenvalue weighted by Crippen LogP contribution is 2.26. The maximum Gasteiger partial charge on any atom is 0.343 e. The quantitative estimate of drug-likeness (QED) is 0.136. The summed E-state index contributed by atoms with van der Waals surface area (Å²) in [6.45, 7) is 0. The molecule has 0 aliphatic heterocycles. The zero-order chi connectivity index (χ0) is 22.3. The molecule has 0 amide bonds. The molecule has 0 aliphatic rings. The zero-order valence-electron chi connectivity index (χ0n) is 17.1. The minimum Gasteiger partial charge on any atom is -0.508 e. The van der Waals surface area contributed by atoms with E-state index in [-0.39, 0.29) is 11.5 Å². The molecule has 0 heterocycles. The summed E-state index contributed by atoms with van der Waals surface area (Å²) in [5.41, 5.74) is 2.98. The number of ketones is 1. The first-order chi connectivity index (χ1) is 15.6. The number of carbonyl (C=O) groups is 2. The van der Waals surface area contributed by atoms with Gasteiger partial charge in [0.25, 0.3) is 0 Å². The van der Waals surface area contributed by atoms with Gasteiger partial charge in [-0.15, -0.1) is 0 Å². The molecule has 4 aromatic carbocycles. The van der Waals surface area contributed by atoms with Crippen LogP contribution < -0.4 is 4.74 Å². The smallest absolute Gasteiger partial charge is 0.343 e. The minimum atomic E-state index is -0.446. The van der Waals surface area contributed by atoms with Gasteiger partial charge in [0.15, 0.2) is 5.78 Å². The van der Waals surface area contributed by atoms with Crippen LogP contribution in [0.2, 0.25) is 0 Å². The molecular weight excluding hydrogens is 400 g/mol. The third kappa shape index (κ3) is 4.99. The van der Waals surface area contributed by atoms with Crippen molar-refractivity contribution in [1.29, 1.82) is 0 Å². The number of hydrogen-bond donors (Lipinski definition) is 1. The van der Waals surface area contributed by atoms with Gasteiger partial charge in [0.1, 0.15) is 11.5 Å². The molecule has 0 spiro atoms. The lowest BCUT2D eigenvalue weighted by molar-refractivity contribution is 0.0734. The Bertz CT molecular complexity index is 1240. The van der Waals surface area contributed by atoms with Crippen molar-refractivity contribution in [3.63, 3.8) is 0 Å². The Morgan fingerprint density at radius 1 is 0.625 bits per heavy atom. The Morgan fingerprint density at radius 2 is 1.19 bits per heavy atom. The van der Waals surface area contributed by atoms with Gasteiger partial charge in [-0.05, 0) is 65.7 Å². The molecule has 1 N–H and O–H groups in total. The van der Waals surface area contributed by atoms with Gasteiger partial charge in [0.2, 0.25) is 0 Å². The van der Waals surface area contributed by atoms with Gasteiger partial charge >= 0.3 is 5.97 Å². The van der Waals surface area contributed by atoms with Crippen LogP contribution in [0.1, 0.15) is 31.8 Å². The van der Waals surface area contributed by atoms with Crippen molar-refractivity contribution in [2.75, 3.05) is 0 Å². The second kappa shape index (κ2) is 9.58. The zero-order valence-corrected chi connectivity index (χ0v) is 17.1. The van der Waals surface area contributed by atoms with Crippen molar-refractivity contribution >= 4 is 23.4 Å². The van der Waals surface area contributed by atoms with E-state index in [0.717, 1.165) is 5.56 Å². The molecule has 0 aliphatic carbocycles. The van der Waals surface area contributed by atoms with Gasteiger partial charge in [-0.1, -0.05) is 60.7 Å². The second-order valence-electron chi connectivity index (χ2n) is 7.12. The highest BCUT2D eigenvalue weighted by Gasteiger charge is 2.16. The number of hydrogen-bond acceptors (Lipinski definition) is 4. The molecule has 0 atom stereocenters. The molecule has 4 aromatic rings. The van der Waals surface area contributed by atoms with E-state index < -0.39 is 5.97 Å². The number of carbonyl (C=O) groups excluding carboxylic acids is 2. The molecule has 0 radical (unpaired) electrons. The number of benzene rings is 4. The molecule has 32 heavy (non-hydrogen) atoms. The number of Topliss-reactive ketones (excluding diaryl/α,β-unsaturated/α-hetero) is 1. The predicted octanol–water partition coefficient (Wildman–Crippen LogP) is 6.03. The van der Waals surface area contributed by atoms with E-state index in [1.54, 1.807) is 60.7 Å². The van der Waals surface area contributed by atoms with Crippen molar-refractivity contribution < 1.29 is 19.4 Å². The first kappa shape index (κ1) is 20.8. The van der Waals surface area contributed by atoms with Crippen LogP contribution in [-0.4, -0.2) is 16.9 Å². The molecule has 0 bridgehead atoms. The summed E-state index contributed by atoms with van der Waals surface area (Å²) in [7, 11) is 0. The van der Waals surface area contributed by atoms with Crippen LogP contribution >= 0.6 is 0 Å². The molecule has 0 unspecified atom stereocenters. The Hall–Kier alpha value is -4.44. The monoisotopic (exact) mass is 420 g/mol. The molecule has 156 valence electrons. The molecule has 0 aromatic heterocycles. The number of aromatic hydroxyl groups is 1. The van der Waals surface area contributed by atoms with Crippen LogP contribution in [0.4, 0.5) is 0 Å². The largest absolute Gasteiger partial charge is 0.508 e. The fourth-order valence-electron chi connectivity index (χ4n) is 3.21. The number of allylic oxidation sites excluding steroid dienone is 1. The molecule has 0 fully saturated rings. The molecular formula is C28H20O4. The first-order valence-corrected chi connectivity index (χ1v) is 10.1. The van der Waals surface area contributed by atoms with E-state index in [1.807, 2.05) is 42.5 Å². The summed E-state index contributed by atoms with van der Waals surface area (Å²) < 4.78 is 5.44. The second-order valence-corrected chi connectivity index (χ2v) is 7.12. The van der Waals surface area contributed by atoms with Gasteiger partial charge in [0, 0.05) is 11.1 Å². The SMILES string of the molecule is O=C(Oc1ccc(C(=Cc2ccccc2)C(=O)c2ccc(O)cc2)cc1)c1ccccc1. The third-order valence-electron chi connectivity index (χ3n) is 4.87. The van der Waals surface area contributed by atoms with Crippen molar-refractivity contribution in [3.05, 3.63) is 131 Å². The van der Waals surface area contributed by atoms with Gasteiger partial charge in [-0.25, -0.2) is 4.79 Å². The standard InChI is InChI=1S/C28H20O4/c29-24-15-11-22(12-16-24)27(30)26(19-20-7-3-1-4-8-20)21-13-17-25(18-14-21)32-28(31)23-9-5-2-6-10-23/h1-19,29H. The van der Waals surface area contributed by atoms with E-state index >= 15 is 0 Å². The molecule has 0 saturated heterocycles. The normalized spacial score (nSPS) is 11.1.